The van der Waals surface area contributed by atoms with E-state index in [0.717, 1.165) is 0 Å². The maximum Gasteiger partial charge on any atom is 0.252 e. The lowest BCUT2D eigenvalue weighted by molar-refractivity contribution is 0.0994. The topological polar surface area (TPSA) is 78.3 Å². The molecule has 0 heterocycles. The SMILES string of the molecule is CC(N)Oc1ccccc1C(N)=O. The van der Waals surface area contributed by atoms with Crippen LogP contribution in [0.1, 0.15) is 17.3 Å². The van der Waals surface area contributed by atoms with Crippen molar-refractivity contribution < 1.29 is 9.53 Å². The highest BCUT2D eigenvalue weighted by molar-refractivity contribution is 5.95. The Hall–Kier alpha value is -1.55. The van der Waals surface area contributed by atoms with Gasteiger partial charge in [0.15, 0.2) is 0 Å². The molecular weight excluding hydrogens is 168 g/mol. The Balaban J connectivity index is 2.98. The maximum atomic E-state index is 10.9. The summed E-state index contributed by atoms with van der Waals surface area (Å²) in [5.74, 6) is -0.0961. The first-order valence-corrected chi connectivity index (χ1v) is 3.92. The van der Waals surface area contributed by atoms with Gasteiger partial charge in [-0.3, -0.25) is 10.5 Å². The third-order valence-electron chi connectivity index (χ3n) is 1.47. The summed E-state index contributed by atoms with van der Waals surface area (Å²) in [6.45, 7) is 1.68. The summed E-state index contributed by atoms with van der Waals surface area (Å²) >= 11 is 0. The van der Waals surface area contributed by atoms with Crippen molar-refractivity contribution in [1.29, 1.82) is 0 Å². The highest BCUT2D eigenvalue weighted by Crippen LogP contribution is 2.17. The van der Waals surface area contributed by atoms with E-state index in [4.69, 9.17) is 16.2 Å². The lowest BCUT2D eigenvalue weighted by Gasteiger charge is -2.11. The molecule has 0 fully saturated rings. The lowest BCUT2D eigenvalue weighted by atomic mass is 10.2. The number of ether oxygens (including phenoxy) is 1. The molecule has 4 heteroatoms. The predicted octanol–water partition coefficient (Wildman–Crippen LogP) is 0.469. The molecule has 1 unspecified atom stereocenters. The Morgan fingerprint density at radius 2 is 2.08 bits per heavy atom. The molecule has 0 bridgehead atoms. The summed E-state index contributed by atoms with van der Waals surface area (Å²) in [5, 5.41) is 0. The number of nitrogens with two attached hydrogens (primary N) is 2. The van der Waals surface area contributed by atoms with Gasteiger partial charge in [0.2, 0.25) is 0 Å². The van der Waals surface area contributed by atoms with E-state index in [0.29, 0.717) is 11.3 Å². The molecule has 1 aromatic carbocycles. The Labute approximate surface area is 76.5 Å². The molecule has 1 aromatic rings. The van der Waals surface area contributed by atoms with E-state index in [9.17, 15) is 4.79 Å². The third kappa shape index (κ3) is 2.45. The molecule has 4 nitrogen and oxygen atoms in total. The van der Waals surface area contributed by atoms with Crippen LogP contribution in [0.2, 0.25) is 0 Å². The van der Waals surface area contributed by atoms with Gasteiger partial charge >= 0.3 is 0 Å². The summed E-state index contributed by atoms with van der Waals surface area (Å²) in [4.78, 5) is 10.9. The molecule has 0 saturated carbocycles. The highest BCUT2D eigenvalue weighted by Gasteiger charge is 2.08. The lowest BCUT2D eigenvalue weighted by Crippen LogP contribution is -2.24. The molecule has 0 aromatic heterocycles. The monoisotopic (exact) mass is 180 g/mol. The number of primary amides is 1. The van der Waals surface area contributed by atoms with Gasteiger partial charge in [0.1, 0.15) is 12.0 Å². The summed E-state index contributed by atoms with van der Waals surface area (Å²) in [5.41, 5.74) is 10.9. The van der Waals surface area contributed by atoms with Crippen molar-refractivity contribution in [3.63, 3.8) is 0 Å². The van der Waals surface area contributed by atoms with Crippen molar-refractivity contribution in [2.75, 3.05) is 0 Å². The fraction of sp³-hybridized carbons (Fsp3) is 0.222. The molecule has 0 aliphatic heterocycles. The molecule has 1 atom stereocenters. The zero-order valence-corrected chi connectivity index (χ0v) is 7.36. The van der Waals surface area contributed by atoms with Crippen LogP contribution in [-0.4, -0.2) is 12.1 Å². The van der Waals surface area contributed by atoms with Crippen LogP contribution in [0.5, 0.6) is 5.75 Å². The van der Waals surface area contributed by atoms with Crippen LogP contribution < -0.4 is 16.2 Å². The molecule has 0 aliphatic carbocycles. The fourth-order valence-electron chi connectivity index (χ4n) is 0.973. The minimum Gasteiger partial charge on any atom is -0.475 e. The van der Waals surface area contributed by atoms with E-state index < -0.39 is 12.1 Å². The third-order valence-corrected chi connectivity index (χ3v) is 1.47. The number of benzene rings is 1. The van der Waals surface area contributed by atoms with Gasteiger partial charge in [-0.1, -0.05) is 12.1 Å². The predicted molar refractivity (Wildman–Crippen MR) is 49.2 cm³/mol. The van der Waals surface area contributed by atoms with Crippen LogP contribution in [0.15, 0.2) is 24.3 Å². The second kappa shape index (κ2) is 3.91. The second-order valence-electron chi connectivity index (χ2n) is 2.68. The minimum atomic E-state index is -0.517. The molecule has 4 N–H and O–H groups in total. The van der Waals surface area contributed by atoms with Crippen molar-refractivity contribution in [2.24, 2.45) is 11.5 Å². The van der Waals surface area contributed by atoms with Gasteiger partial charge in [0.25, 0.3) is 5.91 Å². The summed E-state index contributed by atoms with van der Waals surface area (Å²) in [6, 6.07) is 6.72. The number of carbonyl (C=O) groups excluding carboxylic acids is 1. The van der Waals surface area contributed by atoms with E-state index in [1.165, 1.54) is 0 Å². The second-order valence-corrected chi connectivity index (χ2v) is 2.68. The van der Waals surface area contributed by atoms with Crippen LogP contribution in [0.4, 0.5) is 0 Å². The number of hydrogen-bond donors (Lipinski definition) is 2. The molecule has 1 amide bonds. The average molecular weight is 180 g/mol. The van der Waals surface area contributed by atoms with Gasteiger partial charge in [-0.25, -0.2) is 0 Å². The van der Waals surface area contributed by atoms with Crippen LogP contribution in [0.3, 0.4) is 0 Å². The Morgan fingerprint density at radius 3 is 2.62 bits per heavy atom. The van der Waals surface area contributed by atoms with Crippen LogP contribution >= 0.6 is 0 Å². The summed E-state index contributed by atoms with van der Waals surface area (Å²) < 4.78 is 5.18. The van der Waals surface area contributed by atoms with Crippen LogP contribution in [0, 0.1) is 0 Å². The average Bonchev–Trinajstić information content (AvgIpc) is 2.03. The Kier molecular flexibility index (Phi) is 2.87. The summed E-state index contributed by atoms with van der Waals surface area (Å²) in [6.07, 6.45) is -0.458. The van der Waals surface area contributed by atoms with Crippen molar-refractivity contribution in [3.8, 4) is 5.75 Å². The van der Waals surface area contributed by atoms with E-state index in [1.54, 1.807) is 31.2 Å². The van der Waals surface area contributed by atoms with Gasteiger partial charge in [-0.15, -0.1) is 0 Å². The zero-order chi connectivity index (χ0) is 9.84. The van der Waals surface area contributed by atoms with Crippen molar-refractivity contribution in [1.82, 2.24) is 0 Å². The molecule has 13 heavy (non-hydrogen) atoms. The molecule has 0 aliphatic rings. The van der Waals surface area contributed by atoms with Crippen molar-refractivity contribution >= 4 is 5.91 Å². The standard InChI is InChI=1S/C9H12N2O2/c1-6(10)13-8-5-3-2-4-7(8)9(11)12/h2-6H,10H2,1H3,(H2,11,12). The van der Waals surface area contributed by atoms with Crippen molar-refractivity contribution in [3.05, 3.63) is 29.8 Å². The van der Waals surface area contributed by atoms with Gasteiger partial charge in [0, 0.05) is 0 Å². The zero-order valence-electron chi connectivity index (χ0n) is 7.36. The largest absolute Gasteiger partial charge is 0.475 e. The van der Waals surface area contributed by atoms with E-state index >= 15 is 0 Å². The van der Waals surface area contributed by atoms with Gasteiger partial charge in [-0.05, 0) is 19.1 Å². The number of amides is 1. The smallest absolute Gasteiger partial charge is 0.252 e. The van der Waals surface area contributed by atoms with E-state index in [-0.39, 0.29) is 0 Å². The highest BCUT2D eigenvalue weighted by atomic mass is 16.5. The van der Waals surface area contributed by atoms with Crippen LogP contribution in [0.25, 0.3) is 0 Å². The van der Waals surface area contributed by atoms with Gasteiger partial charge in [-0.2, -0.15) is 0 Å². The molecule has 0 spiro atoms. The normalized spacial score (nSPS) is 12.2. The van der Waals surface area contributed by atoms with E-state index in [2.05, 4.69) is 0 Å². The fourth-order valence-corrected chi connectivity index (χ4v) is 0.973. The quantitative estimate of drug-likeness (QED) is 0.663. The molecule has 70 valence electrons. The Morgan fingerprint density at radius 1 is 1.46 bits per heavy atom. The number of carbonyl (C=O) groups is 1. The number of hydrogen-bond acceptors (Lipinski definition) is 3. The minimum absolute atomic E-state index is 0.347. The van der Waals surface area contributed by atoms with Gasteiger partial charge in [0.05, 0.1) is 5.56 Å². The first-order chi connectivity index (χ1) is 6.11. The first kappa shape index (κ1) is 9.54. The molecule has 1 rings (SSSR count). The number of rotatable bonds is 3. The van der Waals surface area contributed by atoms with E-state index in [1.807, 2.05) is 0 Å². The van der Waals surface area contributed by atoms with Gasteiger partial charge < -0.3 is 10.5 Å². The van der Waals surface area contributed by atoms with Crippen LogP contribution in [-0.2, 0) is 0 Å². The molecular formula is C9H12N2O2. The van der Waals surface area contributed by atoms with Crippen molar-refractivity contribution in [2.45, 2.75) is 13.2 Å². The molecule has 0 saturated heterocycles. The maximum absolute atomic E-state index is 10.9. The number of para-hydroxylation sites is 1. The first-order valence-electron chi connectivity index (χ1n) is 3.92. The molecule has 0 radical (unpaired) electrons. The Bertz CT molecular complexity index is 310. The summed E-state index contributed by atoms with van der Waals surface area (Å²) in [7, 11) is 0.